The van der Waals surface area contributed by atoms with Crippen LogP contribution in [0.4, 0.5) is 4.39 Å². The number of rotatable bonds is 5. The van der Waals surface area contributed by atoms with Gasteiger partial charge in [0.15, 0.2) is 0 Å². The zero-order chi connectivity index (χ0) is 19.7. The number of unbranched alkanes of at least 4 members (excludes halogenated alkanes) is 1. The average molecular weight is 376 g/mol. The summed E-state index contributed by atoms with van der Waals surface area (Å²) in [6, 6.07) is 16.4. The van der Waals surface area contributed by atoms with Gasteiger partial charge in [-0.2, -0.15) is 5.10 Å². The van der Waals surface area contributed by atoms with Crippen LogP contribution in [0.5, 0.6) is 0 Å². The van der Waals surface area contributed by atoms with Crippen molar-refractivity contribution in [2.24, 2.45) is 0 Å². The number of hydrogen-bond donors (Lipinski definition) is 0. The molecule has 28 heavy (non-hydrogen) atoms. The first-order chi connectivity index (χ1) is 13.6. The molecule has 0 saturated carbocycles. The molecule has 2 aromatic carbocycles. The van der Waals surface area contributed by atoms with Gasteiger partial charge < -0.3 is 4.74 Å². The summed E-state index contributed by atoms with van der Waals surface area (Å²) < 4.78 is 21.2. The number of hydrogen-bond acceptors (Lipinski definition) is 3. The minimum atomic E-state index is -0.420. The molecule has 0 amide bonds. The second-order valence-corrected chi connectivity index (χ2v) is 6.84. The number of aromatic nitrogens is 2. The summed E-state index contributed by atoms with van der Waals surface area (Å²) in [5.41, 5.74) is 3.34. The lowest BCUT2D eigenvalue weighted by atomic mass is 10.0. The van der Waals surface area contributed by atoms with Crippen LogP contribution in [0.1, 0.15) is 35.8 Å². The van der Waals surface area contributed by atoms with Gasteiger partial charge in [-0.15, -0.1) is 0 Å². The van der Waals surface area contributed by atoms with Gasteiger partial charge in [-0.3, -0.25) is 0 Å². The Kier molecular flexibility index (Phi) is 4.82. The molecule has 2 aromatic heterocycles. The second kappa shape index (κ2) is 7.43. The van der Waals surface area contributed by atoms with E-state index in [1.54, 1.807) is 17.5 Å². The van der Waals surface area contributed by atoms with E-state index in [0.29, 0.717) is 28.8 Å². The zero-order valence-electron chi connectivity index (χ0n) is 15.9. The molecule has 5 heteroatoms. The van der Waals surface area contributed by atoms with Crippen molar-refractivity contribution < 1.29 is 13.9 Å². The minimum Gasteiger partial charge on any atom is -0.462 e. The fraction of sp³-hybridized carbons (Fsp3) is 0.217. The highest BCUT2D eigenvalue weighted by molar-refractivity contribution is 6.09. The molecule has 0 spiro atoms. The summed E-state index contributed by atoms with van der Waals surface area (Å²) in [7, 11) is 0. The number of pyridine rings is 1. The van der Waals surface area contributed by atoms with E-state index >= 15 is 0 Å². The molecular formula is C23H21FN2O2. The number of carbonyl (C=O) groups is 1. The third-order valence-corrected chi connectivity index (χ3v) is 4.86. The highest BCUT2D eigenvalue weighted by Crippen LogP contribution is 2.32. The number of fused-ring (bicyclic) bond motifs is 3. The van der Waals surface area contributed by atoms with Crippen LogP contribution in [0.25, 0.3) is 27.5 Å². The first kappa shape index (κ1) is 18.2. The van der Waals surface area contributed by atoms with Crippen LogP contribution in [0.3, 0.4) is 0 Å². The van der Waals surface area contributed by atoms with Gasteiger partial charge in [0, 0.05) is 10.9 Å². The Morgan fingerprint density at radius 3 is 2.68 bits per heavy atom. The highest BCUT2D eigenvalue weighted by atomic mass is 19.1. The van der Waals surface area contributed by atoms with E-state index in [0.717, 1.165) is 29.5 Å². The van der Waals surface area contributed by atoms with Gasteiger partial charge in [-0.25, -0.2) is 13.7 Å². The molecule has 0 atom stereocenters. The third-order valence-electron chi connectivity index (χ3n) is 4.86. The number of aryl methyl sites for hydroxylation is 1. The van der Waals surface area contributed by atoms with Crippen LogP contribution in [0, 0.1) is 12.7 Å². The maximum atomic E-state index is 14.0. The van der Waals surface area contributed by atoms with E-state index in [1.807, 2.05) is 43.3 Å². The van der Waals surface area contributed by atoms with Crippen molar-refractivity contribution in [2.75, 3.05) is 6.61 Å². The van der Waals surface area contributed by atoms with Gasteiger partial charge in [-0.1, -0.05) is 49.7 Å². The quantitative estimate of drug-likeness (QED) is 0.338. The van der Waals surface area contributed by atoms with E-state index < -0.39 is 5.97 Å². The van der Waals surface area contributed by atoms with Gasteiger partial charge in [0.2, 0.25) is 0 Å². The summed E-state index contributed by atoms with van der Waals surface area (Å²) in [4.78, 5) is 12.8. The van der Waals surface area contributed by atoms with E-state index in [2.05, 4.69) is 5.10 Å². The smallest absolute Gasteiger partial charge is 0.342 e. The van der Waals surface area contributed by atoms with Crippen LogP contribution >= 0.6 is 0 Å². The van der Waals surface area contributed by atoms with Gasteiger partial charge in [0.25, 0.3) is 0 Å². The lowest BCUT2D eigenvalue weighted by molar-refractivity contribution is 0.0501. The molecule has 0 unspecified atom stereocenters. The average Bonchev–Trinajstić information content (AvgIpc) is 3.05. The van der Waals surface area contributed by atoms with Gasteiger partial charge in [-0.05, 0) is 36.9 Å². The maximum absolute atomic E-state index is 14.0. The molecular weight excluding hydrogens is 355 g/mol. The van der Waals surface area contributed by atoms with Crippen molar-refractivity contribution >= 4 is 22.3 Å². The Bertz CT molecular complexity index is 1170. The normalized spacial score (nSPS) is 11.2. The van der Waals surface area contributed by atoms with Crippen molar-refractivity contribution in [1.82, 2.24) is 9.61 Å². The fourth-order valence-electron chi connectivity index (χ4n) is 3.46. The predicted molar refractivity (Wildman–Crippen MR) is 108 cm³/mol. The summed E-state index contributed by atoms with van der Waals surface area (Å²) in [6.45, 7) is 4.18. The van der Waals surface area contributed by atoms with Gasteiger partial charge in [0.1, 0.15) is 11.4 Å². The molecule has 4 aromatic rings. The lowest BCUT2D eigenvalue weighted by Gasteiger charge is -2.10. The van der Waals surface area contributed by atoms with Crippen LogP contribution in [0.2, 0.25) is 0 Å². The minimum absolute atomic E-state index is 0.356. The van der Waals surface area contributed by atoms with Crippen molar-refractivity contribution in [2.45, 2.75) is 26.7 Å². The van der Waals surface area contributed by atoms with Crippen molar-refractivity contribution in [3.8, 4) is 11.3 Å². The molecule has 0 aliphatic heterocycles. The number of carbonyl (C=O) groups excluding carboxylic acids is 1. The number of esters is 1. The lowest BCUT2D eigenvalue weighted by Crippen LogP contribution is -2.07. The largest absolute Gasteiger partial charge is 0.462 e. The number of benzene rings is 2. The molecule has 0 radical (unpaired) electrons. The van der Waals surface area contributed by atoms with E-state index in [4.69, 9.17) is 4.74 Å². The molecule has 0 N–H and O–H groups in total. The Balaban J connectivity index is 2.02. The first-order valence-corrected chi connectivity index (χ1v) is 9.44. The Hall–Kier alpha value is -3.21. The van der Waals surface area contributed by atoms with Crippen LogP contribution in [-0.2, 0) is 4.74 Å². The van der Waals surface area contributed by atoms with Crippen molar-refractivity contribution in [3.63, 3.8) is 0 Å². The molecule has 0 aliphatic rings. The SMILES string of the molecule is CCCCOC(=O)c1c(C)nn2c(-c3ccccc3)cc3ccc(F)cc3c12. The molecule has 0 bridgehead atoms. The first-order valence-electron chi connectivity index (χ1n) is 9.44. The van der Waals surface area contributed by atoms with Crippen LogP contribution < -0.4 is 0 Å². The Morgan fingerprint density at radius 2 is 1.93 bits per heavy atom. The zero-order valence-corrected chi connectivity index (χ0v) is 15.9. The Morgan fingerprint density at radius 1 is 1.14 bits per heavy atom. The van der Waals surface area contributed by atoms with Gasteiger partial charge in [0.05, 0.1) is 23.5 Å². The molecule has 142 valence electrons. The molecule has 4 nitrogen and oxygen atoms in total. The predicted octanol–water partition coefficient (Wildman–Crippen LogP) is 5.56. The van der Waals surface area contributed by atoms with E-state index in [1.165, 1.54) is 12.1 Å². The number of halogens is 1. The van der Waals surface area contributed by atoms with Crippen molar-refractivity contribution in [1.29, 1.82) is 0 Å². The highest BCUT2D eigenvalue weighted by Gasteiger charge is 2.23. The van der Waals surface area contributed by atoms with E-state index in [9.17, 15) is 9.18 Å². The summed E-state index contributed by atoms with van der Waals surface area (Å²) >= 11 is 0. The maximum Gasteiger partial charge on any atom is 0.342 e. The van der Waals surface area contributed by atoms with Crippen LogP contribution in [0.15, 0.2) is 54.6 Å². The molecule has 4 rings (SSSR count). The van der Waals surface area contributed by atoms with Crippen LogP contribution in [-0.4, -0.2) is 22.2 Å². The second-order valence-electron chi connectivity index (χ2n) is 6.84. The summed E-state index contributed by atoms with van der Waals surface area (Å²) in [5.74, 6) is -0.775. The molecule has 0 saturated heterocycles. The molecule has 2 heterocycles. The molecule has 0 aliphatic carbocycles. The standard InChI is InChI=1S/C23H21FN2O2/c1-3-4-12-28-23(27)21-15(2)25-26-20(16-8-6-5-7-9-16)13-17-10-11-18(24)14-19(17)22(21)26/h5-11,13-14H,3-4,12H2,1-2H3. The fourth-order valence-corrected chi connectivity index (χ4v) is 3.46. The third kappa shape index (κ3) is 3.13. The number of ether oxygens (including phenoxy) is 1. The molecule has 0 fully saturated rings. The van der Waals surface area contributed by atoms with Crippen molar-refractivity contribution in [3.05, 3.63) is 71.7 Å². The Labute approximate surface area is 162 Å². The van der Waals surface area contributed by atoms with E-state index in [-0.39, 0.29) is 5.82 Å². The van der Waals surface area contributed by atoms with Gasteiger partial charge >= 0.3 is 5.97 Å². The summed E-state index contributed by atoms with van der Waals surface area (Å²) in [5, 5.41) is 6.10. The summed E-state index contributed by atoms with van der Waals surface area (Å²) in [6.07, 6.45) is 1.74. The monoisotopic (exact) mass is 376 g/mol. The topological polar surface area (TPSA) is 43.6 Å². The number of nitrogens with zero attached hydrogens (tertiary/aromatic N) is 2.